The molecular formula is C37H32FNO5S. The Morgan fingerprint density at radius 2 is 1.60 bits per heavy atom. The molecule has 0 spiro atoms. The standard InChI is InChI=1S/C37H32FNO5S/c1-39(32(36(40)41)24-27-13-10-16-30(38)23-27)45(42,43)37(21-19-29(20-22-37)28-14-6-3-7-15-28)35-31-17-8-9-18-33(31)44-34(35)25-26-11-4-2-5-12-26/h2-21,23,32H,22,24-25H2,1H3,(H,40,41). The van der Waals surface area contributed by atoms with Crippen LogP contribution >= 0.6 is 0 Å². The number of carboxylic acid groups (broad SMARTS) is 1. The molecule has 6 rings (SSSR count). The number of benzene rings is 4. The summed E-state index contributed by atoms with van der Waals surface area (Å²) in [5.74, 6) is -1.37. The SMILES string of the molecule is CN(C(Cc1cccc(F)c1)C(=O)O)S(=O)(=O)C1(c2c(Cc3ccccc3)oc3ccccc23)C=CC(c2ccccc2)=CC1. The van der Waals surface area contributed by atoms with Crippen LogP contribution in [0.3, 0.4) is 0 Å². The molecule has 1 aliphatic carbocycles. The Morgan fingerprint density at radius 3 is 2.27 bits per heavy atom. The number of hydrogen-bond donors (Lipinski definition) is 1. The summed E-state index contributed by atoms with van der Waals surface area (Å²) in [5.41, 5.74) is 4.12. The number of carboxylic acids is 1. The Morgan fingerprint density at radius 1 is 0.933 bits per heavy atom. The van der Waals surface area contributed by atoms with Gasteiger partial charge in [0.1, 0.15) is 27.9 Å². The molecule has 1 aromatic heterocycles. The van der Waals surface area contributed by atoms with Crippen molar-refractivity contribution in [3.63, 3.8) is 0 Å². The van der Waals surface area contributed by atoms with Crippen molar-refractivity contribution >= 4 is 32.5 Å². The lowest BCUT2D eigenvalue weighted by Crippen LogP contribution is -2.51. The first kappa shape index (κ1) is 30.2. The van der Waals surface area contributed by atoms with Crippen LogP contribution in [0, 0.1) is 5.82 Å². The van der Waals surface area contributed by atoms with Gasteiger partial charge in [0.15, 0.2) is 0 Å². The van der Waals surface area contributed by atoms with Crippen LogP contribution in [0.2, 0.25) is 0 Å². The van der Waals surface area contributed by atoms with Gasteiger partial charge < -0.3 is 9.52 Å². The van der Waals surface area contributed by atoms with Crippen LogP contribution < -0.4 is 0 Å². The van der Waals surface area contributed by atoms with Crippen LogP contribution in [0.15, 0.2) is 132 Å². The van der Waals surface area contributed by atoms with E-state index in [1.54, 1.807) is 24.3 Å². The quantitative estimate of drug-likeness (QED) is 0.176. The van der Waals surface area contributed by atoms with Crippen molar-refractivity contribution in [2.75, 3.05) is 7.05 Å². The highest BCUT2D eigenvalue weighted by molar-refractivity contribution is 7.90. The predicted molar refractivity (Wildman–Crippen MR) is 174 cm³/mol. The molecule has 6 nitrogen and oxygen atoms in total. The zero-order chi connectivity index (χ0) is 31.6. The second kappa shape index (κ2) is 12.3. The first-order chi connectivity index (χ1) is 21.7. The maximum Gasteiger partial charge on any atom is 0.322 e. The maximum atomic E-state index is 15.1. The van der Waals surface area contributed by atoms with Gasteiger partial charge in [0, 0.05) is 24.4 Å². The number of nitrogens with zero attached hydrogens (tertiary/aromatic N) is 1. The summed E-state index contributed by atoms with van der Waals surface area (Å²) in [5, 5.41) is 11.0. The molecule has 5 aromatic rings. The Labute approximate surface area is 261 Å². The predicted octanol–water partition coefficient (Wildman–Crippen LogP) is 7.36. The summed E-state index contributed by atoms with van der Waals surface area (Å²) < 4.78 is 49.8. The number of para-hydroxylation sites is 1. The summed E-state index contributed by atoms with van der Waals surface area (Å²) >= 11 is 0. The average Bonchev–Trinajstić information content (AvgIpc) is 3.42. The summed E-state index contributed by atoms with van der Waals surface area (Å²) in [7, 11) is -3.18. The molecule has 1 heterocycles. The van der Waals surface area contributed by atoms with Crippen molar-refractivity contribution in [1.29, 1.82) is 0 Å². The average molecular weight is 622 g/mol. The Bertz CT molecular complexity index is 2020. The fraction of sp³-hybridized carbons (Fsp3) is 0.162. The summed E-state index contributed by atoms with van der Waals surface area (Å²) in [6.07, 6.45) is 5.52. The molecule has 0 saturated carbocycles. The number of likely N-dealkylation sites (N-methyl/N-ethyl adjacent to an activating group) is 1. The van der Waals surface area contributed by atoms with Crippen LogP contribution in [0.4, 0.5) is 4.39 Å². The highest BCUT2D eigenvalue weighted by atomic mass is 32.2. The summed E-state index contributed by atoms with van der Waals surface area (Å²) in [6.45, 7) is 0. The third-order valence-corrected chi connectivity index (χ3v) is 10.9. The molecule has 45 heavy (non-hydrogen) atoms. The minimum absolute atomic E-state index is 0.0397. The molecule has 2 atom stereocenters. The lowest BCUT2D eigenvalue weighted by molar-refractivity contribution is -0.141. The second-order valence-corrected chi connectivity index (χ2v) is 13.5. The van der Waals surface area contributed by atoms with Gasteiger partial charge in [-0.05, 0) is 53.3 Å². The number of fused-ring (bicyclic) bond motifs is 1. The van der Waals surface area contributed by atoms with E-state index in [0.717, 1.165) is 21.0 Å². The Hall–Kier alpha value is -4.79. The topological polar surface area (TPSA) is 87.8 Å². The number of halogens is 1. The van der Waals surface area contributed by atoms with E-state index in [2.05, 4.69) is 0 Å². The molecule has 2 unspecified atom stereocenters. The molecule has 0 fully saturated rings. The molecular weight excluding hydrogens is 589 g/mol. The van der Waals surface area contributed by atoms with Crippen LogP contribution in [0.5, 0.6) is 0 Å². The van der Waals surface area contributed by atoms with E-state index >= 15 is 8.42 Å². The minimum Gasteiger partial charge on any atom is -0.480 e. The molecule has 1 aliphatic rings. The van der Waals surface area contributed by atoms with E-state index in [4.69, 9.17) is 4.42 Å². The van der Waals surface area contributed by atoms with E-state index in [1.165, 1.54) is 25.2 Å². The van der Waals surface area contributed by atoms with E-state index < -0.39 is 32.6 Å². The fourth-order valence-corrected chi connectivity index (χ4v) is 8.15. The molecule has 0 aliphatic heterocycles. The minimum atomic E-state index is -4.47. The van der Waals surface area contributed by atoms with Crippen molar-refractivity contribution in [1.82, 2.24) is 4.31 Å². The number of aliphatic carboxylic acids is 1. The fourth-order valence-electron chi connectivity index (χ4n) is 6.12. The lowest BCUT2D eigenvalue weighted by Gasteiger charge is -2.38. The first-order valence-electron chi connectivity index (χ1n) is 14.6. The number of rotatable bonds is 10. The van der Waals surface area contributed by atoms with Gasteiger partial charge in [0.05, 0.1) is 0 Å². The molecule has 0 saturated heterocycles. The number of hydrogen-bond acceptors (Lipinski definition) is 4. The Kier molecular flexibility index (Phi) is 8.27. The van der Waals surface area contributed by atoms with Crippen molar-refractivity contribution in [3.05, 3.63) is 161 Å². The van der Waals surface area contributed by atoms with Crippen molar-refractivity contribution in [3.8, 4) is 0 Å². The number of carbonyl (C=O) groups is 1. The van der Waals surface area contributed by atoms with Gasteiger partial charge in [0.2, 0.25) is 10.0 Å². The van der Waals surface area contributed by atoms with Gasteiger partial charge in [-0.3, -0.25) is 4.79 Å². The zero-order valence-electron chi connectivity index (χ0n) is 24.6. The third-order valence-electron chi connectivity index (χ3n) is 8.45. The molecule has 1 N–H and O–H groups in total. The molecule has 0 radical (unpaired) electrons. The summed E-state index contributed by atoms with van der Waals surface area (Å²) in [6, 6.07) is 30.7. The Balaban J connectivity index is 1.53. The molecule has 0 amide bonds. The largest absolute Gasteiger partial charge is 0.480 e. The highest BCUT2D eigenvalue weighted by Crippen LogP contribution is 2.48. The molecule has 0 bridgehead atoms. The van der Waals surface area contributed by atoms with E-state index in [9.17, 15) is 14.3 Å². The van der Waals surface area contributed by atoms with E-state index in [1.807, 2.05) is 84.9 Å². The van der Waals surface area contributed by atoms with Gasteiger partial charge in [-0.1, -0.05) is 109 Å². The van der Waals surface area contributed by atoms with Crippen LogP contribution in [0.25, 0.3) is 16.5 Å². The highest BCUT2D eigenvalue weighted by Gasteiger charge is 2.51. The van der Waals surface area contributed by atoms with Crippen LogP contribution in [-0.2, 0) is 32.4 Å². The monoisotopic (exact) mass is 621 g/mol. The lowest BCUT2D eigenvalue weighted by atomic mass is 9.85. The van der Waals surface area contributed by atoms with Crippen molar-refractivity contribution in [2.45, 2.75) is 30.1 Å². The van der Waals surface area contributed by atoms with E-state index in [0.29, 0.717) is 34.3 Å². The number of furan rings is 1. The van der Waals surface area contributed by atoms with Gasteiger partial charge in [0.25, 0.3) is 0 Å². The zero-order valence-corrected chi connectivity index (χ0v) is 25.5. The first-order valence-corrected chi connectivity index (χ1v) is 16.1. The number of sulfonamides is 1. The smallest absolute Gasteiger partial charge is 0.322 e. The number of allylic oxidation sites excluding steroid dienone is 3. The van der Waals surface area contributed by atoms with Gasteiger partial charge in [-0.25, -0.2) is 12.8 Å². The summed E-state index contributed by atoms with van der Waals surface area (Å²) in [4.78, 5) is 12.7. The normalized spacial score (nSPS) is 17.4. The van der Waals surface area contributed by atoms with Gasteiger partial charge in [-0.2, -0.15) is 4.31 Å². The molecule has 4 aromatic carbocycles. The van der Waals surface area contributed by atoms with Crippen LogP contribution in [-0.4, -0.2) is 36.9 Å². The molecule has 8 heteroatoms. The third kappa shape index (κ3) is 5.75. The van der Waals surface area contributed by atoms with Crippen molar-refractivity contribution < 1.29 is 27.1 Å². The van der Waals surface area contributed by atoms with Crippen LogP contribution in [0.1, 0.15) is 34.4 Å². The van der Waals surface area contributed by atoms with Gasteiger partial charge in [-0.15, -0.1) is 0 Å². The van der Waals surface area contributed by atoms with E-state index in [-0.39, 0.29) is 12.8 Å². The second-order valence-electron chi connectivity index (χ2n) is 11.2. The maximum absolute atomic E-state index is 15.1. The van der Waals surface area contributed by atoms with Gasteiger partial charge >= 0.3 is 5.97 Å². The van der Waals surface area contributed by atoms with Crippen molar-refractivity contribution in [2.24, 2.45) is 0 Å². The molecule has 228 valence electrons.